The summed E-state index contributed by atoms with van der Waals surface area (Å²) in [5.74, 6) is 1.67. The Morgan fingerprint density at radius 3 is 2.71 bits per heavy atom. The van der Waals surface area contributed by atoms with Crippen LogP contribution in [0.5, 0.6) is 0 Å². The predicted molar refractivity (Wildman–Crippen MR) is 71.9 cm³/mol. The van der Waals surface area contributed by atoms with Gasteiger partial charge in [-0.1, -0.05) is 25.5 Å². The van der Waals surface area contributed by atoms with E-state index < -0.39 is 0 Å². The van der Waals surface area contributed by atoms with E-state index in [1.165, 1.54) is 50.5 Å². The van der Waals surface area contributed by atoms with Crippen molar-refractivity contribution in [2.24, 2.45) is 11.8 Å². The fourth-order valence-corrected chi connectivity index (χ4v) is 2.40. The molecule has 17 heavy (non-hydrogen) atoms. The number of methoxy groups -OCH3 is 1. The smallest absolute Gasteiger partial charge is 0.146 e. The lowest BCUT2D eigenvalue weighted by Gasteiger charge is -2.16. The number of hydrogen-bond acceptors (Lipinski definition) is 2. The van der Waals surface area contributed by atoms with Gasteiger partial charge in [0.2, 0.25) is 0 Å². The van der Waals surface area contributed by atoms with Crippen molar-refractivity contribution in [1.82, 2.24) is 0 Å². The normalized spacial score (nSPS) is 17.1. The molecule has 2 nitrogen and oxygen atoms in total. The number of hydrogen-bond donors (Lipinski definition) is 0. The molecule has 0 aromatic rings. The summed E-state index contributed by atoms with van der Waals surface area (Å²) in [7, 11) is 1.68. The van der Waals surface area contributed by atoms with Crippen LogP contribution in [0.2, 0.25) is 0 Å². The Bertz CT molecular complexity index is 209. The summed E-state index contributed by atoms with van der Waals surface area (Å²) in [6.45, 7) is 7.65. The summed E-state index contributed by atoms with van der Waals surface area (Å²) in [6.07, 6.45) is 8.97. The predicted octanol–water partition coefficient (Wildman–Crippen LogP) is 4.16. The van der Waals surface area contributed by atoms with E-state index in [1.807, 2.05) is 0 Å². The van der Waals surface area contributed by atoms with Crippen molar-refractivity contribution in [1.29, 1.82) is 0 Å². The summed E-state index contributed by atoms with van der Waals surface area (Å²) in [4.78, 5) is 0. The first-order valence-electron chi connectivity index (χ1n) is 7.01. The SMILES string of the molecule is C=C(CCC)CCCC(COCOC)C1CC1. The Morgan fingerprint density at radius 1 is 1.35 bits per heavy atom. The molecule has 0 radical (unpaired) electrons. The first kappa shape index (κ1) is 14.7. The van der Waals surface area contributed by atoms with E-state index in [2.05, 4.69) is 13.5 Å². The maximum absolute atomic E-state index is 5.51. The standard InChI is InChI=1S/C15H28O2/c1-4-6-13(2)7-5-8-15(14-9-10-14)11-17-12-16-3/h14-15H,2,4-12H2,1,3H3. The van der Waals surface area contributed by atoms with Crippen LogP contribution in [-0.4, -0.2) is 20.5 Å². The molecule has 1 unspecified atom stereocenters. The third-order valence-corrected chi connectivity index (χ3v) is 3.53. The van der Waals surface area contributed by atoms with Gasteiger partial charge >= 0.3 is 0 Å². The van der Waals surface area contributed by atoms with Gasteiger partial charge in [-0.3, -0.25) is 0 Å². The van der Waals surface area contributed by atoms with E-state index in [4.69, 9.17) is 9.47 Å². The Morgan fingerprint density at radius 2 is 2.12 bits per heavy atom. The molecule has 0 saturated heterocycles. The number of rotatable bonds is 11. The van der Waals surface area contributed by atoms with E-state index in [0.717, 1.165) is 18.4 Å². The molecule has 1 atom stereocenters. The molecule has 0 spiro atoms. The average Bonchev–Trinajstić information content (AvgIpc) is 3.11. The number of allylic oxidation sites excluding steroid dienone is 1. The Balaban J connectivity index is 2.09. The molecular weight excluding hydrogens is 212 g/mol. The van der Waals surface area contributed by atoms with Crippen LogP contribution >= 0.6 is 0 Å². The minimum atomic E-state index is 0.436. The third-order valence-electron chi connectivity index (χ3n) is 3.53. The minimum absolute atomic E-state index is 0.436. The van der Waals surface area contributed by atoms with Crippen molar-refractivity contribution < 1.29 is 9.47 Å². The second-order valence-corrected chi connectivity index (χ2v) is 5.27. The summed E-state index contributed by atoms with van der Waals surface area (Å²) in [6, 6.07) is 0. The van der Waals surface area contributed by atoms with Gasteiger partial charge in [0.25, 0.3) is 0 Å². The van der Waals surface area contributed by atoms with Gasteiger partial charge in [-0.25, -0.2) is 0 Å². The molecule has 0 aromatic heterocycles. The average molecular weight is 240 g/mol. The lowest BCUT2D eigenvalue weighted by Crippen LogP contribution is -2.13. The fraction of sp³-hybridized carbons (Fsp3) is 0.867. The van der Waals surface area contributed by atoms with E-state index in [9.17, 15) is 0 Å². The molecule has 0 aliphatic heterocycles. The molecular formula is C15H28O2. The van der Waals surface area contributed by atoms with Crippen molar-refractivity contribution in [3.63, 3.8) is 0 Å². The van der Waals surface area contributed by atoms with Crippen LogP contribution < -0.4 is 0 Å². The maximum atomic E-state index is 5.51. The largest absolute Gasteiger partial charge is 0.359 e. The first-order chi connectivity index (χ1) is 8.27. The highest BCUT2D eigenvalue weighted by atomic mass is 16.7. The lowest BCUT2D eigenvalue weighted by atomic mass is 9.95. The molecule has 0 amide bonds. The zero-order chi connectivity index (χ0) is 12.5. The van der Waals surface area contributed by atoms with Crippen molar-refractivity contribution in [3.05, 3.63) is 12.2 Å². The second kappa shape index (κ2) is 8.71. The van der Waals surface area contributed by atoms with Gasteiger partial charge in [-0.05, 0) is 50.4 Å². The Hall–Kier alpha value is -0.340. The molecule has 1 aliphatic carbocycles. The van der Waals surface area contributed by atoms with Crippen LogP contribution in [0, 0.1) is 11.8 Å². The van der Waals surface area contributed by atoms with Gasteiger partial charge in [-0.15, -0.1) is 0 Å². The summed E-state index contributed by atoms with van der Waals surface area (Å²) in [5, 5.41) is 0. The number of ether oxygens (including phenoxy) is 2. The van der Waals surface area contributed by atoms with Crippen LogP contribution in [0.15, 0.2) is 12.2 Å². The van der Waals surface area contributed by atoms with Crippen LogP contribution in [0.1, 0.15) is 51.9 Å². The molecule has 0 N–H and O–H groups in total. The van der Waals surface area contributed by atoms with E-state index >= 15 is 0 Å². The van der Waals surface area contributed by atoms with E-state index in [0.29, 0.717) is 6.79 Å². The Labute approximate surface area is 106 Å². The molecule has 0 aromatic carbocycles. The molecule has 0 heterocycles. The zero-order valence-electron chi connectivity index (χ0n) is 11.5. The van der Waals surface area contributed by atoms with Crippen molar-refractivity contribution >= 4 is 0 Å². The van der Waals surface area contributed by atoms with Gasteiger partial charge in [0, 0.05) is 7.11 Å². The van der Waals surface area contributed by atoms with E-state index in [-0.39, 0.29) is 0 Å². The minimum Gasteiger partial charge on any atom is -0.359 e. The topological polar surface area (TPSA) is 18.5 Å². The summed E-state index contributed by atoms with van der Waals surface area (Å²) < 4.78 is 10.4. The van der Waals surface area contributed by atoms with Crippen molar-refractivity contribution in [3.8, 4) is 0 Å². The quantitative estimate of drug-likeness (QED) is 0.307. The molecule has 0 bridgehead atoms. The Kier molecular flexibility index (Phi) is 7.54. The maximum Gasteiger partial charge on any atom is 0.146 e. The second-order valence-electron chi connectivity index (χ2n) is 5.27. The third kappa shape index (κ3) is 6.85. The zero-order valence-corrected chi connectivity index (χ0v) is 11.5. The van der Waals surface area contributed by atoms with Crippen molar-refractivity contribution in [2.75, 3.05) is 20.5 Å². The van der Waals surface area contributed by atoms with Crippen LogP contribution in [0.3, 0.4) is 0 Å². The molecule has 1 rings (SSSR count). The highest BCUT2D eigenvalue weighted by Gasteiger charge is 2.30. The highest BCUT2D eigenvalue weighted by molar-refractivity contribution is 4.93. The van der Waals surface area contributed by atoms with Crippen LogP contribution in [-0.2, 0) is 9.47 Å². The van der Waals surface area contributed by atoms with Gasteiger partial charge in [0.15, 0.2) is 0 Å². The van der Waals surface area contributed by atoms with Gasteiger partial charge in [0.1, 0.15) is 6.79 Å². The summed E-state index contributed by atoms with van der Waals surface area (Å²) >= 11 is 0. The van der Waals surface area contributed by atoms with E-state index in [1.54, 1.807) is 7.11 Å². The van der Waals surface area contributed by atoms with Crippen LogP contribution in [0.4, 0.5) is 0 Å². The monoisotopic (exact) mass is 240 g/mol. The van der Waals surface area contributed by atoms with Gasteiger partial charge < -0.3 is 9.47 Å². The van der Waals surface area contributed by atoms with Crippen LogP contribution in [0.25, 0.3) is 0 Å². The van der Waals surface area contributed by atoms with Gasteiger partial charge in [-0.2, -0.15) is 0 Å². The molecule has 1 fully saturated rings. The first-order valence-corrected chi connectivity index (χ1v) is 7.01. The highest BCUT2D eigenvalue weighted by Crippen LogP contribution is 2.39. The molecule has 2 heteroatoms. The molecule has 1 aliphatic rings. The lowest BCUT2D eigenvalue weighted by molar-refractivity contribution is -0.0468. The van der Waals surface area contributed by atoms with Crippen molar-refractivity contribution in [2.45, 2.75) is 51.9 Å². The fourth-order valence-electron chi connectivity index (χ4n) is 2.40. The molecule has 100 valence electrons. The molecule has 1 saturated carbocycles. The summed E-state index contributed by atoms with van der Waals surface area (Å²) in [5.41, 5.74) is 1.42. The van der Waals surface area contributed by atoms with Gasteiger partial charge in [0.05, 0.1) is 6.61 Å².